The lowest BCUT2D eigenvalue weighted by Crippen LogP contribution is -2.04. The molecule has 0 aliphatic heterocycles. The van der Waals surface area contributed by atoms with E-state index in [1.807, 2.05) is 0 Å². The van der Waals surface area contributed by atoms with E-state index in [-0.39, 0.29) is 0 Å². The normalized spacial score (nSPS) is 18.1. The number of nitrogens with zero attached hydrogens (tertiary/aromatic N) is 2. The summed E-state index contributed by atoms with van der Waals surface area (Å²) in [4.78, 5) is 8.62. The van der Waals surface area contributed by atoms with Crippen LogP contribution >= 0.6 is 11.6 Å². The first kappa shape index (κ1) is 10.1. The fourth-order valence-electron chi connectivity index (χ4n) is 2.34. The summed E-state index contributed by atoms with van der Waals surface area (Å²) in [7, 11) is 0. The molecule has 0 unspecified atom stereocenters. The molecule has 3 nitrogen and oxygen atoms in total. The number of aromatic nitrogens is 2. The molecule has 16 heavy (non-hydrogen) atoms. The van der Waals surface area contributed by atoms with Crippen LogP contribution in [0.4, 0.5) is 0 Å². The van der Waals surface area contributed by atoms with Crippen LogP contribution in [0.1, 0.15) is 43.9 Å². The number of pyridine rings is 1. The van der Waals surface area contributed by atoms with E-state index in [0.717, 1.165) is 11.4 Å². The first-order chi connectivity index (χ1) is 7.83. The number of rotatable bonds is 1. The Kier molecular flexibility index (Phi) is 2.56. The van der Waals surface area contributed by atoms with Crippen molar-refractivity contribution < 1.29 is 4.42 Å². The lowest BCUT2D eigenvalue weighted by atomic mass is 9.89. The van der Waals surface area contributed by atoms with E-state index in [1.165, 1.54) is 32.1 Å². The Morgan fingerprint density at radius 1 is 1.25 bits per heavy atom. The monoisotopic (exact) mass is 236 g/mol. The predicted octanol–water partition coefficient (Wildman–Crippen LogP) is 3.92. The number of hydrogen-bond acceptors (Lipinski definition) is 3. The van der Waals surface area contributed by atoms with Gasteiger partial charge in [0.2, 0.25) is 11.6 Å². The molecule has 4 heteroatoms. The van der Waals surface area contributed by atoms with Gasteiger partial charge in [-0.15, -0.1) is 0 Å². The summed E-state index contributed by atoms with van der Waals surface area (Å²) in [5.41, 5.74) is 1.37. The maximum absolute atomic E-state index is 5.87. The number of halogens is 1. The average molecular weight is 237 g/mol. The van der Waals surface area contributed by atoms with Crippen LogP contribution in [-0.2, 0) is 0 Å². The molecule has 2 aromatic heterocycles. The predicted molar refractivity (Wildman–Crippen MR) is 62.6 cm³/mol. The summed E-state index contributed by atoms with van der Waals surface area (Å²) in [6.07, 6.45) is 7.84. The molecule has 0 saturated heterocycles. The zero-order chi connectivity index (χ0) is 11.0. The zero-order valence-corrected chi connectivity index (χ0v) is 9.70. The molecule has 0 spiro atoms. The van der Waals surface area contributed by atoms with E-state index in [9.17, 15) is 0 Å². The van der Waals surface area contributed by atoms with Gasteiger partial charge in [-0.2, -0.15) is 0 Å². The molecule has 1 saturated carbocycles. The van der Waals surface area contributed by atoms with Crippen LogP contribution < -0.4 is 0 Å². The SMILES string of the molecule is Clc1cnc2oc(C3CCCCC3)nc2c1. The highest BCUT2D eigenvalue weighted by molar-refractivity contribution is 6.30. The van der Waals surface area contributed by atoms with Crippen molar-refractivity contribution in [1.82, 2.24) is 9.97 Å². The molecule has 0 aromatic carbocycles. The smallest absolute Gasteiger partial charge is 0.247 e. The largest absolute Gasteiger partial charge is 0.422 e. The van der Waals surface area contributed by atoms with Gasteiger partial charge in [0.15, 0.2) is 0 Å². The maximum Gasteiger partial charge on any atom is 0.247 e. The number of fused-ring (bicyclic) bond motifs is 1. The molecule has 1 fully saturated rings. The third kappa shape index (κ3) is 1.80. The Hall–Kier alpha value is -1.09. The van der Waals surface area contributed by atoms with Crippen LogP contribution in [0.25, 0.3) is 11.2 Å². The third-order valence-electron chi connectivity index (χ3n) is 3.19. The van der Waals surface area contributed by atoms with E-state index in [1.54, 1.807) is 12.3 Å². The minimum Gasteiger partial charge on any atom is -0.422 e. The van der Waals surface area contributed by atoms with Gasteiger partial charge in [-0.1, -0.05) is 30.9 Å². The lowest BCUT2D eigenvalue weighted by Gasteiger charge is -2.17. The van der Waals surface area contributed by atoms with Gasteiger partial charge < -0.3 is 4.42 Å². The van der Waals surface area contributed by atoms with Crippen LogP contribution in [0.2, 0.25) is 5.02 Å². The molecular formula is C12H13ClN2O. The Balaban J connectivity index is 1.97. The molecule has 0 amide bonds. The molecule has 0 radical (unpaired) electrons. The van der Waals surface area contributed by atoms with Crippen molar-refractivity contribution >= 4 is 22.8 Å². The zero-order valence-electron chi connectivity index (χ0n) is 8.95. The Labute approximate surface area is 98.8 Å². The number of oxazole rings is 1. The molecular weight excluding hydrogens is 224 g/mol. The fraction of sp³-hybridized carbons (Fsp3) is 0.500. The van der Waals surface area contributed by atoms with Gasteiger partial charge in [0.1, 0.15) is 5.52 Å². The first-order valence-electron chi connectivity index (χ1n) is 5.75. The molecule has 3 rings (SSSR count). The summed E-state index contributed by atoms with van der Waals surface area (Å²) in [5, 5.41) is 0.607. The Morgan fingerprint density at radius 2 is 2.06 bits per heavy atom. The average Bonchev–Trinajstić information content (AvgIpc) is 2.73. The van der Waals surface area contributed by atoms with E-state index in [0.29, 0.717) is 16.7 Å². The van der Waals surface area contributed by atoms with Gasteiger partial charge in [0.05, 0.1) is 5.02 Å². The summed E-state index contributed by atoms with van der Waals surface area (Å²) in [6, 6.07) is 1.81. The first-order valence-corrected chi connectivity index (χ1v) is 6.13. The molecule has 0 N–H and O–H groups in total. The highest BCUT2D eigenvalue weighted by Crippen LogP contribution is 2.33. The van der Waals surface area contributed by atoms with E-state index < -0.39 is 0 Å². The van der Waals surface area contributed by atoms with E-state index in [2.05, 4.69) is 9.97 Å². The topological polar surface area (TPSA) is 38.9 Å². The van der Waals surface area contributed by atoms with E-state index in [4.69, 9.17) is 16.0 Å². The van der Waals surface area contributed by atoms with E-state index >= 15 is 0 Å². The second-order valence-corrected chi connectivity index (χ2v) is 4.80. The summed E-state index contributed by atoms with van der Waals surface area (Å²) in [5.74, 6) is 1.31. The Bertz CT molecular complexity index is 503. The minimum absolute atomic E-state index is 0.474. The molecule has 0 atom stereocenters. The molecule has 0 bridgehead atoms. The van der Waals surface area contributed by atoms with Crippen LogP contribution in [0.5, 0.6) is 0 Å². The quantitative estimate of drug-likeness (QED) is 0.753. The van der Waals surface area contributed by atoms with Gasteiger partial charge in [0, 0.05) is 12.1 Å². The second-order valence-electron chi connectivity index (χ2n) is 4.36. The van der Waals surface area contributed by atoms with Crippen LogP contribution in [-0.4, -0.2) is 9.97 Å². The van der Waals surface area contributed by atoms with Crippen molar-refractivity contribution in [3.05, 3.63) is 23.2 Å². The van der Waals surface area contributed by atoms with Gasteiger partial charge in [-0.05, 0) is 18.9 Å². The molecule has 2 heterocycles. The van der Waals surface area contributed by atoms with Crippen LogP contribution in [0.15, 0.2) is 16.7 Å². The third-order valence-corrected chi connectivity index (χ3v) is 3.39. The fourth-order valence-corrected chi connectivity index (χ4v) is 2.49. The summed E-state index contributed by atoms with van der Waals surface area (Å²) >= 11 is 5.87. The van der Waals surface area contributed by atoms with Crippen LogP contribution in [0.3, 0.4) is 0 Å². The highest BCUT2D eigenvalue weighted by Gasteiger charge is 2.21. The number of hydrogen-bond donors (Lipinski definition) is 0. The van der Waals surface area contributed by atoms with Gasteiger partial charge in [-0.25, -0.2) is 9.97 Å². The second kappa shape index (κ2) is 4.06. The van der Waals surface area contributed by atoms with Gasteiger partial charge >= 0.3 is 0 Å². The molecule has 1 aliphatic rings. The lowest BCUT2D eigenvalue weighted by molar-refractivity contribution is 0.371. The van der Waals surface area contributed by atoms with Gasteiger partial charge in [0.25, 0.3) is 0 Å². The van der Waals surface area contributed by atoms with Gasteiger partial charge in [-0.3, -0.25) is 0 Å². The van der Waals surface area contributed by atoms with Crippen molar-refractivity contribution in [1.29, 1.82) is 0 Å². The van der Waals surface area contributed by atoms with Crippen molar-refractivity contribution in [3.8, 4) is 0 Å². The van der Waals surface area contributed by atoms with Crippen molar-refractivity contribution in [3.63, 3.8) is 0 Å². The standard InChI is InChI=1S/C12H13ClN2O/c13-9-6-10-12(14-7-9)16-11(15-10)8-4-2-1-3-5-8/h6-8H,1-5H2. The molecule has 1 aliphatic carbocycles. The van der Waals surface area contributed by atoms with Crippen molar-refractivity contribution in [2.24, 2.45) is 0 Å². The molecule has 84 valence electrons. The maximum atomic E-state index is 5.87. The molecule has 2 aromatic rings. The minimum atomic E-state index is 0.474. The Morgan fingerprint density at radius 3 is 2.88 bits per heavy atom. The summed E-state index contributed by atoms with van der Waals surface area (Å²) < 4.78 is 5.68. The van der Waals surface area contributed by atoms with Crippen LogP contribution in [0, 0.1) is 0 Å². The highest BCUT2D eigenvalue weighted by atomic mass is 35.5. The summed E-state index contributed by atoms with van der Waals surface area (Å²) in [6.45, 7) is 0. The van der Waals surface area contributed by atoms with Crippen molar-refractivity contribution in [2.45, 2.75) is 38.0 Å². The van der Waals surface area contributed by atoms with Crippen molar-refractivity contribution in [2.75, 3.05) is 0 Å².